The van der Waals surface area contributed by atoms with Crippen LogP contribution in [0.5, 0.6) is 0 Å². The molecule has 2 heterocycles. The van der Waals surface area contributed by atoms with Crippen LogP contribution in [0, 0.1) is 20.8 Å². The molecule has 4 rings (SSSR count). The molecule has 166 valence electrons. The van der Waals surface area contributed by atoms with Gasteiger partial charge < -0.3 is 15.0 Å². The maximum atomic E-state index is 13.1. The molecule has 0 saturated carbocycles. The molecular formula is C25H27N3O4. The zero-order valence-electron chi connectivity index (χ0n) is 18.6. The maximum absolute atomic E-state index is 13.1. The topological polar surface area (TPSA) is 80.6 Å². The van der Waals surface area contributed by atoms with Gasteiger partial charge in [0.2, 0.25) is 5.91 Å². The minimum absolute atomic E-state index is 0.141. The molecule has 2 amide bonds. The number of carbonyl (C=O) groups excluding carboxylic acids is 2. The number of benzene rings is 2. The molecule has 0 radical (unpaired) electrons. The Hall–Kier alpha value is -3.45. The van der Waals surface area contributed by atoms with Crippen LogP contribution in [0.15, 0.2) is 47.3 Å². The Bertz CT molecular complexity index is 1230. The molecule has 1 aliphatic rings. The molecule has 1 aliphatic heterocycles. The molecule has 1 saturated heterocycles. The number of hydrogen-bond donors (Lipinski definition) is 1. The summed E-state index contributed by atoms with van der Waals surface area (Å²) in [6, 6.07) is 12.6. The van der Waals surface area contributed by atoms with E-state index in [-0.39, 0.29) is 23.9 Å². The molecule has 0 bridgehead atoms. The number of pyridine rings is 1. The number of ether oxygens (including phenoxy) is 1. The Morgan fingerprint density at radius 2 is 1.66 bits per heavy atom. The van der Waals surface area contributed by atoms with Crippen LogP contribution < -0.4 is 10.9 Å². The Balaban J connectivity index is 1.67. The van der Waals surface area contributed by atoms with E-state index in [1.165, 1.54) is 10.6 Å². The van der Waals surface area contributed by atoms with Crippen LogP contribution in [0.1, 0.15) is 27.0 Å². The van der Waals surface area contributed by atoms with E-state index in [0.717, 1.165) is 22.4 Å². The van der Waals surface area contributed by atoms with E-state index in [1.807, 2.05) is 45.0 Å². The van der Waals surface area contributed by atoms with Gasteiger partial charge in [-0.15, -0.1) is 0 Å². The van der Waals surface area contributed by atoms with E-state index in [0.29, 0.717) is 42.8 Å². The zero-order valence-corrected chi connectivity index (χ0v) is 18.6. The number of nitrogens with one attached hydrogen (secondary N) is 1. The molecule has 1 fully saturated rings. The lowest BCUT2D eigenvalue weighted by Crippen LogP contribution is -2.41. The first-order chi connectivity index (χ1) is 15.3. The van der Waals surface area contributed by atoms with E-state index in [1.54, 1.807) is 17.0 Å². The van der Waals surface area contributed by atoms with Gasteiger partial charge >= 0.3 is 0 Å². The fourth-order valence-corrected chi connectivity index (χ4v) is 4.31. The second-order valence-electron chi connectivity index (χ2n) is 8.23. The monoisotopic (exact) mass is 433 g/mol. The molecule has 7 nitrogen and oxygen atoms in total. The average molecular weight is 434 g/mol. The second kappa shape index (κ2) is 8.96. The minimum Gasteiger partial charge on any atom is -0.378 e. The maximum Gasteiger partial charge on any atom is 0.254 e. The summed E-state index contributed by atoms with van der Waals surface area (Å²) < 4.78 is 6.74. The van der Waals surface area contributed by atoms with Crippen molar-refractivity contribution in [2.75, 3.05) is 31.6 Å². The summed E-state index contributed by atoms with van der Waals surface area (Å²) in [5.41, 5.74) is 4.36. The molecule has 3 aromatic rings. The number of fused-ring (bicyclic) bond motifs is 1. The summed E-state index contributed by atoms with van der Waals surface area (Å²) in [7, 11) is 0. The van der Waals surface area contributed by atoms with Crippen molar-refractivity contribution in [2.45, 2.75) is 27.3 Å². The van der Waals surface area contributed by atoms with Crippen LogP contribution in [-0.4, -0.2) is 47.6 Å². The van der Waals surface area contributed by atoms with Crippen molar-refractivity contribution in [3.8, 4) is 0 Å². The fourth-order valence-electron chi connectivity index (χ4n) is 4.31. The first-order valence-corrected chi connectivity index (χ1v) is 10.7. The smallest absolute Gasteiger partial charge is 0.254 e. The zero-order chi connectivity index (χ0) is 22.8. The van der Waals surface area contributed by atoms with Gasteiger partial charge in [-0.25, -0.2) is 0 Å². The van der Waals surface area contributed by atoms with Gasteiger partial charge in [0.05, 0.1) is 24.3 Å². The van der Waals surface area contributed by atoms with Crippen molar-refractivity contribution in [3.05, 3.63) is 75.1 Å². The number of nitrogens with zero attached hydrogens (tertiary/aromatic N) is 2. The lowest BCUT2D eigenvalue weighted by atomic mass is 10.1. The van der Waals surface area contributed by atoms with Gasteiger partial charge in [-0.2, -0.15) is 0 Å². The highest BCUT2D eigenvalue weighted by molar-refractivity contribution is 6.06. The highest BCUT2D eigenvalue weighted by Gasteiger charge is 2.22. The van der Waals surface area contributed by atoms with Crippen molar-refractivity contribution in [1.82, 2.24) is 9.47 Å². The number of aromatic nitrogens is 1. The Morgan fingerprint density at radius 3 is 2.34 bits per heavy atom. The van der Waals surface area contributed by atoms with Gasteiger partial charge in [0.15, 0.2) is 0 Å². The summed E-state index contributed by atoms with van der Waals surface area (Å²) in [5.74, 6) is -0.483. The first-order valence-electron chi connectivity index (χ1n) is 10.7. The Kier molecular flexibility index (Phi) is 6.10. The molecule has 0 aliphatic carbocycles. The van der Waals surface area contributed by atoms with E-state index >= 15 is 0 Å². The number of morpholine rings is 1. The SMILES string of the molecule is Cc1cc(C)c(NC(=O)Cn2c(=O)cc(C(=O)N3CCOCC3)c3ccccc32)c(C)c1. The summed E-state index contributed by atoms with van der Waals surface area (Å²) >= 11 is 0. The van der Waals surface area contributed by atoms with Gasteiger partial charge in [0, 0.05) is 30.2 Å². The summed E-state index contributed by atoms with van der Waals surface area (Å²) in [6.45, 7) is 7.72. The molecule has 1 N–H and O–H groups in total. The summed E-state index contributed by atoms with van der Waals surface area (Å²) in [4.78, 5) is 40.7. The second-order valence-corrected chi connectivity index (χ2v) is 8.23. The van der Waals surface area contributed by atoms with Gasteiger partial charge in [-0.05, 0) is 38.0 Å². The molecule has 7 heteroatoms. The number of anilines is 1. The third-order valence-electron chi connectivity index (χ3n) is 5.79. The molecule has 32 heavy (non-hydrogen) atoms. The van der Waals surface area contributed by atoms with Crippen LogP contribution in [0.4, 0.5) is 5.69 Å². The minimum atomic E-state index is -0.382. The lowest BCUT2D eigenvalue weighted by Gasteiger charge is -2.27. The predicted molar refractivity (Wildman–Crippen MR) is 124 cm³/mol. The number of carbonyl (C=O) groups is 2. The highest BCUT2D eigenvalue weighted by Crippen LogP contribution is 2.23. The van der Waals surface area contributed by atoms with E-state index in [4.69, 9.17) is 4.74 Å². The van der Waals surface area contributed by atoms with Crippen molar-refractivity contribution in [3.63, 3.8) is 0 Å². The van der Waals surface area contributed by atoms with Gasteiger partial charge in [0.1, 0.15) is 6.54 Å². The largest absolute Gasteiger partial charge is 0.378 e. The quantitative estimate of drug-likeness (QED) is 0.686. The lowest BCUT2D eigenvalue weighted by molar-refractivity contribution is -0.116. The molecular weight excluding hydrogens is 406 g/mol. The van der Waals surface area contributed by atoms with Crippen molar-refractivity contribution in [2.24, 2.45) is 0 Å². The molecule has 1 aromatic heterocycles. The van der Waals surface area contributed by atoms with Crippen molar-refractivity contribution in [1.29, 1.82) is 0 Å². The van der Waals surface area contributed by atoms with Gasteiger partial charge in [-0.3, -0.25) is 19.0 Å². The third kappa shape index (κ3) is 4.29. The highest BCUT2D eigenvalue weighted by atomic mass is 16.5. The van der Waals surface area contributed by atoms with Crippen LogP contribution >= 0.6 is 0 Å². The molecule has 2 aromatic carbocycles. The average Bonchev–Trinajstić information content (AvgIpc) is 2.78. The van der Waals surface area contributed by atoms with Crippen LogP contribution in [-0.2, 0) is 16.1 Å². The van der Waals surface area contributed by atoms with Crippen LogP contribution in [0.25, 0.3) is 10.9 Å². The van der Waals surface area contributed by atoms with E-state index in [2.05, 4.69) is 5.32 Å². The van der Waals surface area contributed by atoms with Gasteiger partial charge in [-0.1, -0.05) is 35.9 Å². The summed E-state index contributed by atoms with van der Waals surface area (Å²) in [5, 5.41) is 3.60. The van der Waals surface area contributed by atoms with Crippen LogP contribution in [0.2, 0.25) is 0 Å². The fraction of sp³-hybridized carbons (Fsp3) is 0.320. The summed E-state index contributed by atoms with van der Waals surface area (Å²) in [6.07, 6.45) is 0. The molecule has 0 spiro atoms. The number of para-hydroxylation sites is 1. The predicted octanol–water partition coefficient (Wildman–Crippen LogP) is 3.04. The number of hydrogen-bond acceptors (Lipinski definition) is 4. The number of amides is 2. The standard InChI is InChI=1S/C25H27N3O4/c1-16-12-17(2)24(18(3)13-16)26-22(29)15-28-21-7-5-4-6-19(21)20(14-23(28)30)25(31)27-8-10-32-11-9-27/h4-7,12-14H,8-11,15H2,1-3H3,(H,26,29). The number of aryl methyl sites for hydroxylation is 3. The normalized spacial score (nSPS) is 13.9. The first kappa shape index (κ1) is 21.8. The van der Waals surface area contributed by atoms with Crippen molar-refractivity contribution >= 4 is 28.4 Å². The van der Waals surface area contributed by atoms with Gasteiger partial charge in [0.25, 0.3) is 11.5 Å². The van der Waals surface area contributed by atoms with E-state index in [9.17, 15) is 14.4 Å². The Morgan fingerprint density at radius 1 is 1.00 bits per heavy atom. The van der Waals surface area contributed by atoms with E-state index < -0.39 is 0 Å². The Labute approximate surface area is 186 Å². The number of rotatable bonds is 4. The third-order valence-corrected chi connectivity index (χ3v) is 5.79. The molecule has 0 atom stereocenters. The van der Waals surface area contributed by atoms with Crippen LogP contribution in [0.3, 0.4) is 0 Å². The van der Waals surface area contributed by atoms with Crippen molar-refractivity contribution < 1.29 is 14.3 Å². The molecule has 0 unspecified atom stereocenters.